The number of ether oxygens (including phenoxy) is 1. The standard InChI is InChI=1S/C21H19ClN2O2S2/c1-15-14-27-21(24(15)12-16-5-3-2-4-6-16)23-10-9-17(11-20(23)25)26-13-18-7-8-19(22)28-18/h2-11,14,21H,12-13H2,1H3. The van der Waals surface area contributed by atoms with Gasteiger partial charge < -0.3 is 9.64 Å². The van der Waals surface area contributed by atoms with E-state index < -0.39 is 0 Å². The quantitative estimate of drug-likeness (QED) is 0.501. The lowest BCUT2D eigenvalue weighted by molar-refractivity contribution is 0.262. The van der Waals surface area contributed by atoms with E-state index >= 15 is 0 Å². The maximum Gasteiger partial charge on any atom is 0.256 e. The van der Waals surface area contributed by atoms with Crippen molar-refractivity contribution in [2.45, 2.75) is 25.6 Å². The van der Waals surface area contributed by atoms with Crippen LogP contribution in [0.15, 0.2) is 76.7 Å². The largest absolute Gasteiger partial charge is 0.488 e. The number of thioether (sulfide) groups is 1. The summed E-state index contributed by atoms with van der Waals surface area (Å²) in [6.45, 7) is 3.23. The lowest BCUT2D eigenvalue weighted by Gasteiger charge is -2.29. The molecular weight excluding hydrogens is 412 g/mol. The van der Waals surface area contributed by atoms with Crippen LogP contribution in [0.1, 0.15) is 22.9 Å². The highest BCUT2D eigenvalue weighted by molar-refractivity contribution is 8.02. The van der Waals surface area contributed by atoms with Gasteiger partial charge in [0.2, 0.25) is 0 Å². The molecule has 0 bridgehead atoms. The molecule has 0 spiro atoms. The minimum absolute atomic E-state index is 0.0830. The molecule has 0 saturated carbocycles. The van der Waals surface area contributed by atoms with Crippen molar-refractivity contribution >= 4 is 34.7 Å². The summed E-state index contributed by atoms with van der Waals surface area (Å²) in [5.74, 6) is 0.563. The number of aromatic nitrogens is 1. The lowest BCUT2D eigenvalue weighted by Crippen LogP contribution is -2.32. The molecular formula is C21H19ClN2O2S2. The predicted octanol–water partition coefficient (Wildman–Crippen LogP) is 5.71. The fourth-order valence-corrected chi connectivity index (χ4v) is 5.15. The molecule has 4 nitrogen and oxygen atoms in total. The monoisotopic (exact) mass is 430 g/mol. The first kappa shape index (κ1) is 19.2. The van der Waals surface area contributed by atoms with Gasteiger partial charge in [0, 0.05) is 29.4 Å². The second-order valence-electron chi connectivity index (χ2n) is 6.44. The van der Waals surface area contributed by atoms with Gasteiger partial charge in [0.15, 0.2) is 5.50 Å². The number of thiophene rings is 1. The molecule has 0 aliphatic carbocycles. The SMILES string of the molecule is CC1=CSC(n2ccc(OCc3ccc(Cl)s3)cc2=O)N1Cc1ccccc1. The van der Waals surface area contributed by atoms with Crippen LogP contribution in [0.3, 0.4) is 0 Å². The third kappa shape index (κ3) is 4.29. The Kier molecular flexibility index (Phi) is 5.80. The topological polar surface area (TPSA) is 34.5 Å². The number of hydrogen-bond donors (Lipinski definition) is 0. The van der Waals surface area contributed by atoms with Gasteiger partial charge in [-0.25, -0.2) is 0 Å². The first-order chi connectivity index (χ1) is 13.6. The molecule has 1 aliphatic heterocycles. The Bertz CT molecular complexity index is 1050. The van der Waals surface area contributed by atoms with Crippen molar-refractivity contribution in [1.82, 2.24) is 9.47 Å². The zero-order valence-corrected chi connectivity index (χ0v) is 17.6. The van der Waals surface area contributed by atoms with Crippen LogP contribution in [0.5, 0.6) is 5.75 Å². The van der Waals surface area contributed by atoms with Crippen LogP contribution in [-0.2, 0) is 13.2 Å². The summed E-state index contributed by atoms with van der Waals surface area (Å²) in [5, 5.41) is 2.10. The number of benzene rings is 1. The minimum atomic E-state index is -0.0992. The molecule has 3 aromatic rings. The van der Waals surface area contributed by atoms with Gasteiger partial charge in [0.25, 0.3) is 5.56 Å². The molecule has 28 heavy (non-hydrogen) atoms. The second-order valence-corrected chi connectivity index (χ2v) is 9.17. The molecule has 0 N–H and O–H groups in total. The van der Waals surface area contributed by atoms with Crippen LogP contribution < -0.4 is 10.3 Å². The Morgan fingerprint density at radius 2 is 1.96 bits per heavy atom. The van der Waals surface area contributed by atoms with Gasteiger partial charge in [-0.05, 0) is 36.1 Å². The molecule has 0 saturated heterocycles. The van der Waals surface area contributed by atoms with Gasteiger partial charge in [0.05, 0.1) is 4.34 Å². The summed E-state index contributed by atoms with van der Waals surface area (Å²) >= 11 is 9.06. The van der Waals surface area contributed by atoms with Crippen LogP contribution in [0, 0.1) is 0 Å². The maximum atomic E-state index is 12.7. The van der Waals surface area contributed by atoms with Crippen LogP contribution in [0.2, 0.25) is 4.34 Å². The van der Waals surface area contributed by atoms with E-state index in [4.69, 9.17) is 16.3 Å². The summed E-state index contributed by atoms with van der Waals surface area (Å²) in [6.07, 6.45) is 1.81. The normalized spacial score (nSPS) is 16.3. The molecule has 0 amide bonds. The molecule has 1 unspecified atom stereocenters. The van der Waals surface area contributed by atoms with Crippen LogP contribution in [0.25, 0.3) is 0 Å². The Hall–Kier alpha value is -2.15. The molecule has 1 aliphatic rings. The second kappa shape index (κ2) is 8.47. The summed E-state index contributed by atoms with van der Waals surface area (Å²) < 4.78 is 8.23. The number of allylic oxidation sites excluding steroid dienone is 1. The van der Waals surface area contributed by atoms with Crippen molar-refractivity contribution < 1.29 is 4.74 Å². The highest BCUT2D eigenvalue weighted by Crippen LogP contribution is 2.39. The summed E-state index contributed by atoms with van der Waals surface area (Å²) in [5.41, 5.74) is 2.18. The van der Waals surface area contributed by atoms with Crippen molar-refractivity contribution in [1.29, 1.82) is 0 Å². The highest BCUT2D eigenvalue weighted by Gasteiger charge is 2.26. The van der Waals surface area contributed by atoms with Gasteiger partial charge in [0.1, 0.15) is 12.4 Å². The zero-order chi connectivity index (χ0) is 19.5. The molecule has 7 heteroatoms. The van der Waals surface area contributed by atoms with Crippen molar-refractivity contribution in [2.24, 2.45) is 0 Å². The maximum absolute atomic E-state index is 12.7. The van der Waals surface area contributed by atoms with E-state index in [-0.39, 0.29) is 11.1 Å². The molecule has 1 aromatic carbocycles. The highest BCUT2D eigenvalue weighted by atomic mass is 35.5. The van der Waals surface area contributed by atoms with Crippen LogP contribution in [0.4, 0.5) is 0 Å². The van der Waals surface area contributed by atoms with E-state index in [1.54, 1.807) is 28.6 Å². The summed E-state index contributed by atoms with van der Waals surface area (Å²) in [4.78, 5) is 16.0. The average Bonchev–Trinajstić information content (AvgIpc) is 3.27. The summed E-state index contributed by atoms with van der Waals surface area (Å²) in [7, 11) is 0. The van der Waals surface area contributed by atoms with Gasteiger partial charge >= 0.3 is 0 Å². The fourth-order valence-electron chi connectivity index (χ4n) is 3.00. The van der Waals surface area contributed by atoms with Crippen molar-refractivity contribution in [3.63, 3.8) is 0 Å². The lowest BCUT2D eigenvalue weighted by atomic mass is 10.2. The Morgan fingerprint density at radius 1 is 1.14 bits per heavy atom. The zero-order valence-electron chi connectivity index (χ0n) is 15.2. The molecule has 0 fully saturated rings. The molecule has 1 atom stereocenters. The Morgan fingerprint density at radius 3 is 2.68 bits per heavy atom. The van der Waals surface area contributed by atoms with Gasteiger partial charge in [-0.3, -0.25) is 9.36 Å². The molecule has 2 aromatic heterocycles. The minimum Gasteiger partial charge on any atom is -0.488 e. The van der Waals surface area contributed by atoms with Crippen LogP contribution >= 0.6 is 34.7 Å². The third-order valence-corrected chi connectivity index (χ3v) is 6.85. The van der Waals surface area contributed by atoms with E-state index in [0.29, 0.717) is 12.4 Å². The van der Waals surface area contributed by atoms with E-state index in [9.17, 15) is 4.79 Å². The predicted molar refractivity (Wildman–Crippen MR) is 117 cm³/mol. The van der Waals surface area contributed by atoms with E-state index in [2.05, 4.69) is 29.4 Å². The molecule has 144 valence electrons. The van der Waals surface area contributed by atoms with E-state index in [1.807, 2.05) is 36.4 Å². The fraction of sp³-hybridized carbons (Fsp3) is 0.190. The average molecular weight is 431 g/mol. The number of halogens is 1. The first-order valence-electron chi connectivity index (χ1n) is 8.82. The number of pyridine rings is 1. The molecule has 4 rings (SSSR count). The third-order valence-electron chi connectivity index (χ3n) is 4.44. The van der Waals surface area contributed by atoms with Crippen LogP contribution in [-0.4, -0.2) is 9.47 Å². The number of rotatable bonds is 6. The van der Waals surface area contributed by atoms with E-state index in [1.165, 1.54) is 16.9 Å². The number of hydrogen-bond acceptors (Lipinski definition) is 5. The van der Waals surface area contributed by atoms with Crippen molar-refractivity contribution in [3.8, 4) is 5.75 Å². The Labute approximate surface area is 177 Å². The van der Waals surface area contributed by atoms with Gasteiger partial charge in [-0.2, -0.15) is 0 Å². The summed E-state index contributed by atoms with van der Waals surface area (Å²) in [6, 6.07) is 17.4. The van der Waals surface area contributed by atoms with Gasteiger partial charge in [-0.1, -0.05) is 53.7 Å². The molecule has 3 heterocycles. The first-order valence-corrected chi connectivity index (χ1v) is 11.0. The smallest absolute Gasteiger partial charge is 0.256 e. The number of nitrogens with zero attached hydrogens (tertiary/aromatic N) is 2. The van der Waals surface area contributed by atoms with E-state index in [0.717, 1.165) is 21.5 Å². The molecule has 0 radical (unpaired) electrons. The van der Waals surface area contributed by atoms with Crippen molar-refractivity contribution in [3.05, 3.63) is 97.0 Å². The van der Waals surface area contributed by atoms with Gasteiger partial charge in [-0.15, -0.1) is 11.3 Å². The Balaban J connectivity index is 1.49. The van der Waals surface area contributed by atoms with Crippen molar-refractivity contribution in [2.75, 3.05) is 0 Å².